The number of fused-ring (bicyclic) bond motifs is 1. The predicted octanol–water partition coefficient (Wildman–Crippen LogP) is 2.15. The van der Waals surface area contributed by atoms with Crippen LogP contribution in [0.3, 0.4) is 0 Å². The normalized spacial score (nSPS) is 31.7. The van der Waals surface area contributed by atoms with E-state index >= 15 is 0 Å². The third-order valence-electron chi connectivity index (χ3n) is 7.25. The first-order valence-electron chi connectivity index (χ1n) is 11.5. The number of nitrogens with one attached hydrogen (secondary N) is 3. The molecule has 1 saturated carbocycles. The molecule has 5 unspecified atom stereocenters. The Balaban J connectivity index is 1.37. The van der Waals surface area contributed by atoms with Gasteiger partial charge in [-0.2, -0.15) is 18.4 Å². The van der Waals surface area contributed by atoms with Crippen LogP contribution < -0.4 is 16.1 Å². The molecule has 0 bridgehead atoms. The minimum Gasteiger partial charge on any atom is -0.340 e. The third-order valence-corrected chi connectivity index (χ3v) is 7.25. The first kappa shape index (κ1) is 23.6. The molecule has 1 amide bonds. The van der Waals surface area contributed by atoms with Crippen molar-refractivity contribution >= 4 is 5.91 Å². The lowest BCUT2D eigenvalue weighted by atomic mass is 9.70. The summed E-state index contributed by atoms with van der Waals surface area (Å²) in [4.78, 5) is 25.7. The molecule has 3 aliphatic rings. The van der Waals surface area contributed by atoms with Gasteiger partial charge >= 0.3 is 6.18 Å². The topological polar surface area (TPSA) is 119 Å². The van der Waals surface area contributed by atoms with Gasteiger partial charge in [0.1, 0.15) is 17.6 Å². The molecule has 184 valence electrons. The zero-order chi connectivity index (χ0) is 24.9. The van der Waals surface area contributed by atoms with Gasteiger partial charge in [0, 0.05) is 36.0 Å². The highest BCUT2D eigenvalue weighted by atomic mass is 19.4. The summed E-state index contributed by atoms with van der Waals surface area (Å²) in [6, 6.07) is 5.04. The predicted molar refractivity (Wildman–Crippen MR) is 117 cm³/mol. The summed E-state index contributed by atoms with van der Waals surface area (Å²) in [5.74, 6) is -0.00766. The maximum Gasteiger partial charge on any atom is 0.433 e. The van der Waals surface area contributed by atoms with Gasteiger partial charge in [-0.25, -0.2) is 20.4 Å². The number of alkyl halides is 3. The van der Waals surface area contributed by atoms with Gasteiger partial charge in [-0.15, -0.1) is 0 Å². The van der Waals surface area contributed by atoms with Crippen molar-refractivity contribution in [3.63, 3.8) is 0 Å². The van der Waals surface area contributed by atoms with Gasteiger partial charge < -0.3 is 5.32 Å². The van der Waals surface area contributed by atoms with Gasteiger partial charge in [-0.1, -0.05) is 6.07 Å². The second-order valence-electron chi connectivity index (χ2n) is 9.32. The Hall–Kier alpha value is -3.14. The van der Waals surface area contributed by atoms with E-state index in [1.165, 1.54) is 12.3 Å². The molecule has 3 fully saturated rings. The Morgan fingerprint density at radius 2 is 2.03 bits per heavy atom. The number of aromatic nitrogens is 3. The summed E-state index contributed by atoms with van der Waals surface area (Å²) in [7, 11) is 0. The minimum absolute atomic E-state index is 0.0766. The lowest BCUT2D eigenvalue weighted by molar-refractivity contribution is -0.141. The maximum atomic E-state index is 13.1. The van der Waals surface area contributed by atoms with Crippen molar-refractivity contribution in [2.75, 3.05) is 0 Å². The molecule has 2 aromatic heterocycles. The van der Waals surface area contributed by atoms with Crippen LogP contribution in [0.25, 0.3) is 0 Å². The average molecular weight is 487 g/mol. The first-order chi connectivity index (χ1) is 16.7. The van der Waals surface area contributed by atoms with Crippen LogP contribution in [0.5, 0.6) is 0 Å². The van der Waals surface area contributed by atoms with Crippen molar-refractivity contribution in [1.82, 2.24) is 36.0 Å². The number of hydrogen-bond donors (Lipinski definition) is 3. The average Bonchev–Trinajstić information content (AvgIpc) is 3.17. The molecular weight excluding hydrogens is 461 g/mol. The van der Waals surface area contributed by atoms with E-state index in [1.54, 1.807) is 18.1 Å². The number of hydrazine groups is 1. The van der Waals surface area contributed by atoms with Gasteiger partial charge in [0.15, 0.2) is 0 Å². The lowest BCUT2D eigenvalue weighted by Crippen LogP contribution is -2.68. The van der Waals surface area contributed by atoms with Crippen LogP contribution in [0.4, 0.5) is 13.2 Å². The van der Waals surface area contributed by atoms with Gasteiger partial charge in [-0.3, -0.25) is 15.1 Å². The summed E-state index contributed by atoms with van der Waals surface area (Å²) in [6.45, 7) is 3.70. The Bertz CT molecular complexity index is 1150. The standard InChI is InChI=1S/C23H25F3N8O/c1-11-7-8-28-19(30-11)14-4-5-15(14)20-31-21-18(22(35)32-20)16(9-27)33-34(21)12(2)13-3-6-17(29-10-13)23(24,25)26/h3,6-8,10,12,14-16,18,20-21,31,33H,4-5H2,1-2H3,(H,32,35)/t12-,14+,15?,16?,18?,20?,21?/m0/s1. The largest absolute Gasteiger partial charge is 0.433 e. The van der Waals surface area contributed by atoms with Crippen LogP contribution in [-0.2, 0) is 11.0 Å². The van der Waals surface area contributed by atoms with E-state index < -0.39 is 36.0 Å². The van der Waals surface area contributed by atoms with E-state index in [1.807, 2.05) is 13.0 Å². The number of halogens is 3. The Labute approximate surface area is 200 Å². The van der Waals surface area contributed by atoms with Crippen LogP contribution >= 0.6 is 0 Å². The number of amides is 1. The fraction of sp³-hybridized carbons (Fsp3) is 0.522. The highest BCUT2D eigenvalue weighted by molar-refractivity contribution is 5.82. The molecule has 0 spiro atoms. The quantitative estimate of drug-likeness (QED) is 0.602. The van der Waals surface area contributed by atoms with Gasteiger partial charge in [0.25, 0.3) is 0 Å². The highest BCUT2D eigenvalue weighted by Crippen LogP contribution is 2.44. The molecule has 5 rings (SSSR count). The van der Waals surface area contributed by atoms with Crippen molar-refractivity contribution in [1.29, 1.82) is 5.26 Å². The van der Waals surface area contributed by atoms with Gasteiger partial charge in [0.2, 0.25) is 5.91 Å². The first-order valence-corrected chi connectivity index (χ1v) is 11.5. The molecule has 35 heavy (non-hydrogen) atoms. The molecule has 7 atom stereocenters. The Morgan fingerprint density at radius 1 is 1.23 bits per heavy atom. The Morgan fingerprint density at radius 3 is 2.63 bits per heavy atom. The van der Waals surface area contributed by atoms with Crippen LogP contribution in [0.2, 0.25) is 0 Å². The van der Waals surface area contributed by atoms with Crippen molar-refractivity contribution in [2.24, 2.45) is 11.8 Å². The monoisotopic (exact) mass is 486 g/mol. The second-order valence-corrected chi connectivity index (χ2v) is 9.32. The lowest BCUT2D eigenvalue weighted by Gasteiger charge is -2.47. The van der Waals surface area contributed by atoms with Crippen LogP contribution in [0.1, 0.15) is 54.5 Å². The number of nitriles is 1. The zero-order valence-electron chi connectivity index (χ0n) is 19.1. The summed E-state index contributed by atoms with van der Waals surface area (Å²) < 4.78 is 38.8. The summed E-state index contributed by atoms with van der Waals surface area (Å²) >= 11 is 0. The number of aryl methyl sites for hydroxylation is 1. The van der Waals surface area contributed by atoms with Gasteiger partial charge in [0.05, 0.1) is 24.3 Å². The van der Waals surface area contributed by atoms with E-state index in [0.717, 1.165) is 30.4 Å². The van der Waals surface area contributed by atoms with Crippen molar-refractivity contribution in [2.45, 2.75) is 63.2 Å². The highest BCUT2D eigenvalue weighted by Gasteiger charge is 2.54. The van der Waals surface area contributed by atoms with E-state index in [2.05, 4.69) is 37.1 Å². The maximum absolute atomic E-state index is 13.1. The Kier molecular flexibility index (Phi) is 5.94. The molecule has 9 nitrogen and oxygen atoms in total. The summed E-state index contributed by atoms with van der Waals surface area (Å²) in [5.41, 5.74) is 3.51. The fourth-order valence-electron chi connectivity index (χ4n) is 5.20. The minimum atomic E-state index is -4.53. The number of pyridine rings is 1. The van der Waals surface area contributed by atoms with Gasteiger partial charge in [-0.05, 0) is 44.4 Å². The molecule has 0 radical (unpaired) electrons. The third kappa shape index (κ3) is 4.24. The fourth-order valence-corrected chi connectivity index (χ4v) is 5.20. The zero-order valence-corrected chi connectivity index (χ0v) is 19.1. The van der Waals surface area contributed by atoms with E-state index in [-0.39, 0.29) is 23.9 Å². The molecule has 1 aliphatic carbocycles. The number of nitrogens with zero attached hydrogens (tertiary/aromatic N) is 5. The van der Waals surface area contributed by atoms with Crippen molar-refractivity contribution in [3.05, 3.63) is 53.4 Å². The molecule has 2 saturated heterocycles. The molecule has 2 aliphatic heterocycles. The number of rotatable bonds is 4. The van der Waals surface area contributed by atoms with E-state index in [9.17, 15) is 23.2 Å². The van der Waals surface area contributed by atoms with E-state index in [0.29, 0.717) is 5.56 Å². The molecule has 2 aromatic rings. The summed E-state index contributed by atoms with van der Waals surface area (Å²) in [6.07, 6.45) is -0.711. The van der Waals surface area contributed by atoms with Crippen molar-refractivity contribution in [3.8, 4) is 6.07 Å². The molecule has 4 heterocycles. The molecule has 3 N–H and O–H groups in total. The molecule has 0 aromatic carbocycles. The molecular formula is C23H25F3N8O. The van der Waals surface area contributed by atoms with Crippen LogP contribution in [0.15, 0.2) is 30.6 Å². The SMILES string of the molecule is Cc1ccnc([C@@H]2CCC2C2NC(=O)C3C(C#N)NN([C@@H](C)c4ccc(C(F)(F)F)nc4)C3N2)n1. The molecule has 12 heteroatoms. The van der Waals surface area contributed by atoms with Crippen LogP contribution in [0, 0.1) is 30.1 Å². The summed E-state index contributed by atoms with van der Waals surface area (Å²) in [5, 5.41) is 17.9. The van der Waals surface area contributed by atoms with Crippen molar-refractivity contribution < 1.29 is 18.0 Å². The van der Waals surface area contributed by atoms with E-state index in [4.69, 9.17) is 0 Å². The smallest absolute Gasteiger partial charge is 0.340 e. The van der Waals surface area contributed by atoms with Crippen LogP contribution in [-0.4, -0.2) is 44.2 Å². The number of carbonyl (C=O) groups excluding carboxylic acids is 1. The number of carbonyl (C=O) groups is 1. The number of hydrogen-bond acceptors (Lipinski definition) is 8. The second kappa shape index (κ2) is 8.82.